The lowest BCUT2D eigenvalue weighted by Crippen LogP contribution is -2.08. The van der Waals surface area contributed by atoms with E-state index in [1.165, 1.54) is 6.08 Å². The van der Waals surface area contributed by atoms with Crippen molar-refractivity contribution in [1.29, 1.82) is 0 Å². The van der Waals surface area contributed by atoms with Gasteiger partial charge in [0.2, 0.25) is 11.7 Å². The first-order valence-electron chi connectivity index (χ1n) is 7.78. The summed E-state index contributed by atoms with van der Waals surface area (Å²) in [5, 5.41) is 0. The van der Waals surface area contributed by atoms with Crippen LogP contribution in [0, 0.1) is 5.92 Å². The van der Waals surface area contributed by atoms with Crippen LogP contribution in [0.2, 0.25) is 0 Å². The first-order chi connectivity index (χ1) is 12.1. The van der Waals surface area contributed by atoms with Gasteiger partial charge in [-0.15, -0.1) is 0 Å². The van der Waals surface area contributed by atoms with E-state index in [1.807, 2.05) is 6.92 Å². The average molecular weight is 360 g/mol. The van der Waals surface area contributed by atoms with Crippen LogP contribution in [0.4, 0.5) is 8.78 Å². The molecule has 0 radical (unpaired) electrons. The minimum atomic E-state index is -1.22. The maximum atomic E-state index is 12.8. The van der Waals surface area contributed by atoms with Crippen molar-refractivity contribution >= 4 is 11.9 Å². The Morgan fingerprint density at radius 2 is 1.77 bits per heavy atom. The number of esters is 2. The molecule has 0 heterocycles. The monoisotopic (exact) mass is 360 g/mol. The van der Waals surface area contributed by atoms with Gasteiger partial charge >= 0.3 is 11.9 Å². The molecule has 0 amide bonds. The van der Waals surface area contributed by atoms with Crippen molar-refractivity contribution in [2.75, 3.05) is 0 Å². The Balaban J connectivity index is 2.21. The minimum absolute atomic E-state index is 0.0407. The summed E-state index contributed by atoms with van der Waals surface area (Å²) in [5.41, 5.74) is 3.32. The SMILES string of the molecule is C=C(/C=C1\C(=C)C2=C(C=C(OC(=O)C(=C)F)CC2)C1C)OC(=O)C(=C)F. The molecule has 0 aromatic heterocycles. The molecule has 1 unspecified atom stereocenters. The van der Waals surface area contributed by atoms with Crippen LogP contribution in [0.3, 0.4) is 0 Å². The van der Waals surface area contributed by atoms with E-state index >= 15 is 0 Å². The number of halogens is 2. The topological polar surface area (TPSA) is 52.6 Å². The molecule has 2 rings (SSSR count). The third-order valence-corrected chi connectivity index (χ3v) is 4.14. The highest BCUT2D eigenvalue weighted by molar-refractivity contribution is 5.86. The van der Waals surface area contributed by atoms with Crippen LogP contribution in [0.15, 0.2) is 83.9 Å². The zero-order valence-corrected chi connectivity index (χ0v) is 14.4. The smallest absolute Gasteiger partial charge is 0.371 e. The van der Waals surface area contributed by atoms with Crippen LogP contribution in [0.5, 0.6) is 0 Å². The van der Waals surface area contributed by atoms with Crippen LogP contribution in [0.25, 0.3) is 0 Å². The molecule has 1 atom stereocenters. The van der Waals surface area contributed by atoms with E-state index in [-0.39, 0.29) is 11.7 Å². The summed E-state index contributed by atoms with van der Waals surface area (Å²) < 4.78 is 35.2. The van der Waals surface area contributed by atoms with Gasteiger partial charge in [-0.25, -0.2) is 9.59 Å². The Hall–Kier alpha value is -3.02. The number of hydrogen-bond donors (Lipinski definition) is 0. The van der Waals surface area contributed by atoms with Gasteiger partial charge in [-0.1, -0.05) is 33.2 Å². The Labute approximate surface area is 150 Å². The quantitative estimate of drug-likeness (QED) is 0.406. The zero-order chi connectivity index (χ0) is 19.6. The second kappa shape index (κ2) is 7.47. The Morgan fingerprint density at radius 3 is 2.35 bits per heavy atom. The average Bonchev–Trinajstić information content (AvgIpc) is 2.79. The summed E-state index contributed by atoms with van der Waals surface area (Å²) in [6.07, 6.45) is 4.15. The van der Waals surface area contributed by atoms with Crippen LogP contribution in [-0.2, 0) is 19.1 Å². The molecule has 2 aliphatic rings. The molecule has 2 aliphatic carbocycles. The maximum absolute atomic E-state index is 12.8. The number of carbonyl (C=O) groups is 2. The van der Waals surface area contributed by atoms with Crippen molar-refractivity contribution in [1.82, 2.24) is 0 Å². The Morgan fingerprint density at radius 1 is 1.15 bits per heavy atom. The molecule has 4 nitrogen and oxygen atoms in total. The van der Waals surface area contributed by atoms with Gasteiger partial charge in [0.15, 0.2) is 0 Å². The predicted octanol–water partition coefficient (Wildman–Crippen LogP) is 4.66. The third kappa shape index (κ3) is 3.96. The van der Waals surface area contributed by atoms with E-state index in [1.54, 1.807) is 6.08 Å². The second-order valence-corrected chi connectivity index (χ2v) is 5.90. The van der Waals surface area contributed by atoms with Crippen LogP contribution < -0.4 is 0 Å². The first kappa shape index (κ1) is 19.3. The Bertz CT molecular complexity index is 840. The highest BCUT2D eigenvalue weighted by atomic mass is 19.1. The number of rotatable bonds is 5. The van der Waals surface area contributed by atoms with Gasteiger partial charge in [0.05, 0.1) is 0 Å². The molecule has 0 saturated heterocycles. The highest BCUT2D eigenvalue weighted by Crippen LogP contribution is 2.46. The summed E-state index contributed by atoms with van der Waals surface area (Å²) in [4.78, 5) is 22.6. The molecule has 0 bridgehead atoms. The van der Waals surface area contributed by atoms with Crippen molar-refractivity contribution in [3.8, 4) is 0 Å². The van der Waals surface area contributed by atoms with Crippen LogP contribution in [-0.4, -0.2) is 11.9 Å². The van der Waals surface area contributed by atoms with Gasteiger partial charge in [-0.2, -0.15) is 8.78 Å². The van der Waals surface area contributed by atoms with E-state index in [0.29, 0.717) is 18.6 Å². The minimum Gasteiger partial charge on any atom is -0.426 e. The molecule has 0 aromatic rings. The molecule has 6 heteroatoms. The fraction of sp³-hybridized carbons (Fsp3) is 0.200. The molecule has 26 heavy (non-hydrogen) atoms. The fourth-order valence-corrected chi connectivity index (χ4v) is 2.88. The molecular weight excluding hydrogens is 342 g/mol. The van der Waals surface area contributed by atoms with Gasteiger partial charge in [0.25, 0.3) is 0 Å². The van der Waals surface area contributed by atoms with Gasteiger partial charge in [0.1, 0.15) is 11.5 Å². The van der Waals surface area contributed by atoms with Crippen molar-refractivity contribution in [3.05, 3.63) is 83.9 Å². The predicted molar refractivity (Wildman–Crippen MR) is 92.6 cm³/mol. The zero-order valence-electron chi connectivity index (χ0n) is 14.4. The molecule has 0 saturated carbocycles. The largest absolute Gasteiger partial charge is 0.426 e. The number of allylic oxidation sites excluding steroid dienone is 7. The summed E-state index contributed by atoms with van der Waals surface area (Å²) in [7, 11) is 0. The molecule has 0 N–H and O–H groups in total. The first-order valence-corrected chi connectivity index (χ1v) is 7.78. The summed E-state index contributed by atoms with van der Waals surface area (Å²) in [6.45, 7) is 15.3. The van der Waals surface area contributed by atoms with Gasteiger partial charge in [-0.05, 0) is 40.9 Å². The van der Waals surface area contributed by atoms with Crippen molar-refractivity contribution in [3.63, 3.8) is 0 Å². The second-order valence-electron chi connectivity index (χ2n) is 5.90. The number of ether oxygens (including phenoxy) is 2. The third-order valence-electron chi connectivity index (χ3n) is 4.14. The van der Waals surface area contributed by atoms with Crippen molar-refractivity contribution in [2.45, 2.75) is 19.8 Å². The van der Waals surface area contributed by atoms with Gasteiger partial charge in [0, 0.05) is 12.3 Å². The van der Waals surface area contributed by atoms with E-state index in [9.17, 15) is 18.4 Å². The molecular formula is C20H18F2O4. The lowest BCUT2D eigenvalue weighted by atomic mass is 9.94. The summed E-state index contributed by atoms with van der Waals surface area (Å²) in [5.74, 6) is -4.56. The van der Waals surface area contributed by atoms with E-state index in [0.717, 1.165) is 22.3 Å². The number of hydrogen-bond acceptors (Lipinski definition) is 4. The molecule has 0 aromatic carbocycles. The van der Waals surface area contributed by atoms with E-state index in [2.05, 4.69) is 26.3 Å². The van der Waals surface area contributed by atoms with Crippen LogP contribution >= 0.6 is 0 Å². The lowest BCUT2D eigenvalue weighted by molar-refractivity contribution is -0.137. The van der Waals surface area contributed by atoms with Gasteiger partial charge < -0.3 is 9.47 Å². The molecule has 136 valence electrons. The molecule has 0 fully saturated rings. The Kier molecular flexibility index (Phi) is 5.55. The van der Waals surface area contributed by atoms with E-state index in [4.69, 9.17) is 9.47 Å². The molecule has 0 spiro atoms. The number of carbonyl (C=O) groups excluding carboxylic acids is 2. The van der Waals surface area contributed by atoms with Crippen molar-refractivity contribution in [2.24, 2.45) is 5.92 Å². The normalized spacial score (nSPS) is 20.4. The van der Waals surface area contributed by atoms with Crippen LogP contribution in [0.1, 0.15) is 19.8 Å². The van der Waals surface area contributed by atoms with Gasteiger partial charge in [-0.3, -0.25) is 0 Å². The lowest BCUT2D eigenvalue weighted by Gasteiger charge is -2.16. The van der Waals surface area contributed by atoms with E-state index < -0.39 is 23.6 Å². The standard InChI is InChI=1S/C20H18F2O4/c1-10(25-19(23)13(4)21)8-17-11(2)16-7-6-15(9-18(16)12(17)3)26-20(24)14(5)22/h8-9,12H,1-2,4-7H2,3H3/b17-8+. The maximum Gasteiger partial charge on any atom is 0.371 e. The highest BCUT2D eigenvalue weighted by Gasteiger charge is 2.32. The summed E-state index contributed by atoms with van der Waals surface area (Å²) >= 11 is 0. The fourth-order valence-electron chi connectivity index (χ4n) is 2.88. The summed E-state index contributed by atoms with van der Waals surface area (Å²) in [6, 6.07) is 0. The van der Waals surface area contributed by atoms with Crippen molar-refractivity contribution < 1.29 is 27.8 Å². The molecule has 0 aliphatic heterocycles.